The van der Waals surface area contributed by atoms with Crippen LogP contribution in [-0.2, 0) is 9.59 Å². The first kappa shape index (κ1) is 18.1. The molecule has 7 nitrogen and oxygen atoms in total. The van der Waals surface area contributed by atoms with E-state index in [2.05, 4.69) is 15.6 Å². The number of nitrogens with zero attached hydrogens (tertiary/aromatic N) is 2. The topological polar surface area (TPSA) is 91.4 Å². The standard InChI is InChI=1S/C18H20N4O3/c1-13(23)21-16-6-3-7-17(11-16)22(14(2)24)10-9-20-18(25)15-5-4-8-19-12-15/h3-8,11-12H,9-10H2,1-2H3,(H,20,25)(H,21,23). The minimum Gasteiger partial charge on any atom is -0.350 e. The second-order valence-electron chi connectivity index (χ2n) is 5.40. The monoisotopic (exact) mass is 340 g/mol. The number of anilines is 2. The Kier molecular flexibility index (Phi) is 6.22. The zero-order valence-corrected chi connectivity index (χ0v) is 14.2. The first-order valence-electron chi connectivity index (χ1n) is 7.81. The lowest BCUT2D eigenvalue weighted by atomic mass is 10.2. The van der Waals surface area contributed by atoms with Crippen LogP contribution < -0.4 is 15.5 Å². The van der Waals surface area contributed by atoms with E-state index < -0.39 is 0 Å². The van der Waals surface area contributed by atoms with Gasteiger partial charge in [-0.3, -0.25) is 19.4 Å². The Labute approximate surface area is 146 Å². The molecule has 1 aromatic carbocycles. The number of rotatable bonds is 6. The summed E-state index contributed by atoms with van der Waals surface area (Å²) in [6.45, 7) is 3.47. The van der Waals surface area contributed by atoms with E-state index in [0.717, 1.165) is 0 Å². The van der Waals surface area contributed by atoms with E-state index >= 15 is 0 Å². The van der Waals surface area contributed by atoms with Crippen LogP contribution in [0.1, 0.15) is 24.2 Å². The molecule has 0 fully saturated rings. The van der Waals surface area contributed by atoms with Crippen molar-refractivity contribution in [2.24, 2.45) is 0 Å². The average molecular weight is 340 g/mol. The molecule has 130 valence electrons. The van der Waals surface area contributed by atoms with Gasteiger partial charge in [-0.2, -0.15) is 0 Å². The molecule has 25 heavy (non-hydrogen) atoms. The SMILES string of the molecule is CC(=O)Nc1cccc(N(CCNC(=O)c2cccnc2)C(C)=O)c1. The number of amides is 3. The number of hydrogen-bond donors (Lipinski definition) is 2. The van der Waals surface area contributed by atoms with E-state index in [1.54, 1.807) is 42.6 Å². The van der Waals surface area contributed by atoms with Gasteiger partial charge in [-0.15, -0.1) is 0 Å². The molecule has 0 saturated carbocycles. The van der Waals surface area contributed by atoms with Gasteiger partial charge in [0.25, 0.3) is 5.91 Å². The quantitative estimate of drug-likeness (QED) is 0.839. The molecule has 2 aromatic rings. The largest absolute Gasteiger partial charge is 0.350 e. The second kappa shape index (κ2) is 8.58. The minimum absolute atomic E-state index is 0.157. The predicted octanol–water partition coefficient (Wildman–Crippen LogP) is 1.82. The Bertz CT molecular complexity index is 762. The summed E-state index contributed by atoms with van der Waals surface area (Å²) in [5.74, 6) is -0.588. The smallest absolute Gasteiger partial charge is 0.252 e. The van der Waals surface area contributed by atoms with Crippen LogP contribution in [0.25, 0.3) is 0 Å². The summed E-state index contributed by atoms with van der Waals surface area (Å²) in [5, 5.41) is 5.44. The van der Waals surface area contributed by atoms with Crippen molar-refractivity contribution in [3.05, 3.63) is 54.4 Å². The molecular weight excluding hydrogens is 320 g/mol. The molecule has 0 aliphatic carbocycles. The molecule has 3 amide bonds. The zero-order chi connectivity index (χ0) is 18.2. The van der Waals surface area contributed by atoms with E-state index in [1.807, 2.05) is 0 Å². The highest BCUT2D eigenvalue weighted by atomic mass is 16.2. The van der Waals surface area contributed by atoms with Gasteiger partial charge in [0.1, 0.15) is 0 Å². The maximum Gasteiger partial charge on any atom is 0.252 e. The van der Waals surface area contributed by atoms with Crippen molar-refractivity contribution in [2.75, 3.05) is 23.3 Å². The third-order valence-electron chi connectivity index (χ3n) is 3.40. The molecule has 0 aliphatic rings. The van der Waals surface area contributed by atoms with Gasteiger partial charge in [0.15, 0.2) is 0 Å². The van der Waals surface area contributed by atoms with Crippen molar-refractivity contribution in [3.63, 3.8) is 0 Å². The molecule has 0 spiro atoms. The number of hydrogen-bond acceptors (Lipinski definition) is 4. The number of nitrogens with one attached hydrogen (secondary N) is 2. The Morgan fingerprint density at radius 1 is 1.12 bits per heavy atom. The van der Waals surface area contributed by atoms with Crippen LogP contribution in [0.2, 0.25) is 0 Å². The van der Waals surface area contributed by atoms with Gasteiger partial charge in [-0.1, -0.05) is 6.07 Å². The number of benzene rings is 1. The first-order chi connectivity index (χ1) is 12.0. The highest BCUT2D eigenvalue weighted by Gasteiger charge is 2.13. The van der Waals surface area contributed by atoms with Crippen molar-refractivity contribution in [2.45, 2.75) is 13.8 Å². The zero-order valence-electron chi connectivity index (χ0n) is 14.2. The van der Waals surface area contributed by atoms with Gasteiger partial charge in [0.2, 0.25) is 11.8 Å². The fourth-order valence-corrected chi connectivity index (χ4v) is 2.30. The third kappa shape index (κ3) is 5.42. The summed E-state index contributed by atoms with van der Waals surface area (Å²) in [6, 6.07) is 10.3. The van der Waals surface area contributed by atoms with Gasteiger partial charge in [-0.05, 0) is 30.3 Å². The molecule has 0 bridgehead atoms. The fourth-order valence-electron chi connectivity index (χ4n) is 2.30. The van der Waals surface area contributed by atoms with Crippen LogP contribution in [0.15, 0.2) is 48.8 Å². The van der Waals surface area contributed by atoms with Gasteiger partial charge >= 0.3 is 0 Å². The second-order valence-corrected chi connectivity index (χ2v) is 5.40. The number of carbonyl (C=O) groups is 3. The lowest BCUT2D eigenvalue weighted by Gasteiger charge is -2.22. The molecule has 0 atom stereocenters. The van der Waals surface area contributed by atoms with Crippen molar-refractivity contribution >= 4 is 29.1 Å². The fraction of sp³-hybridized carbons (Fsp3) is 0.222. The average Bonchev–Trinajstić information content (AvgIpc) is 2.58. The van der Waals surface area contributed by atoms with E-state index in [9.17, 15) is 14.4 Å². The lowest BCUT2D eigenvalue weighted by Crippen LogP contribution is -2.37. The van der Waals surface area contributed by atoms with Gasteiger partial charge in [0.05, 0.1) is 5.56 Å². The Balaban J connectivity index is 2.00. The minimum atomic E-state index is -0.247. The van der Waals surface area contributed by atoms with E-state index in [0.29, 0.717) is 23.5 Å². The molecule has 2 N–H and O–H groups in total. The van der Waals surface area contributed by atoms with Crippen LogP contribution in [0.4, 0.5) is 11.4 Å². The highest BCUT2D eigenvalue weighted by molar-refractivity contribution is 5.95. The number of aromatic nitrogens is 1. The van der Waals surface area contributed by atoms with Crippen molar-refractivity contribution in [1.82, 2.24) is 10.3 Å². The van der Waals surface area contributed by atoms with E-state index in [4.69, 9.17) is 0 Å². The Morgan fingerprint density at radius 2 is 1.92 bits per heavy atom. The van der Waals surface area contributed by atoms with Crippen molar-refractivity contribution < 1.29 is 14.4 Å². The summed E-state index contributed by atoms with van der Waals surface area (Å²) in [4.78, 5) is 40.5. The molecule has 0 unspecified atom stereocenters. The maximum atomic E-state index is 12.0. The van der Waals surface area contributed by atoms with Crippen LogP contribution >= 0.6 is 0 Å². The van der Waals surface area contributed by atoms with Gasteiger partial charge < -0.3 is 15.5 Å². The first-order valence-corrected chi connectivity index (χ1v) is 7.81. The molecule has 0 saturated heterocycles. The summed E-state index contributed by atoms with van der Waals surface area (Å²) in [7, 11) is 0. The van der Waals surface area contributed by atoms with Crippen molar-refractivity contribution in [1.29, 1.82) is 0 Å². The Morgan fingerprint density at radius 3 is 2.56 bits per heavy atom. The molecule has 1 aromatic heterocycles. The summed E-state index contributed by atoms with van der Waals surface area (Å²) in [5.41, 5.74) is 1.72. The van der Waals surface area contributed by atoms with E-state index in [1.165, 1.54) is 24.9 Å². The molecule has 2 rings (SSSR count). The van der Waals surface area contributed by atoms with Crippen LogP contribution in [-0.4, -0.2) is 35.8 Å². The Hall–Kier alpha value is -3.22. The summed E-state index contributed by atoms with van der Waals surface area (Å²) in [6.07, 6.45) is 3.07. The van der Waals surface area contributed by atoms with Crippen LogP contribution in [0.5, 0.6) is 0 Å². The number of pyridine rings is 1. The normalized spacial score (nSPS) is 10.0. The lowest BCUT2D eigenvalue weighted by molar-refractivity contribution is -0.116. The van der Waals surface area contributed by atoms with Crippen LogP contribution in [0, 0.1) is 0 Å². The van der Waals surface area contributed by atoms with Gasteiger partial charge in [0, 0.05) is 50.7 Å². The number of carbonyl (C=O) groups excluding carboxylic acids is 3. The van der Waals surface area contributed by atoms with Crippen LogP contribution in [0.3, 0.4) is 0 Å². The highest BCUT2D eigenvalue weighted by Crippen LogP contribution is 2.19. The maximum absolute atomic E-state index is 12.0. The van der Waals surface area contributed by atoms with Crippen molar-refractivity contribution in [3.8, 4) is 0 Å². The summed E-state index contributed by atoms with van der Waals surface area (Å²) < 4.78 is 0. The molecule has 0 radical (unpaired) electrons. The molecular formula is C18H20N4O3. The van der Waals surface area contributed by atoms with E-state index in [-0.39, 0.29) is 24.3 Å². The third-order valence-corrected chi connectivity index (χ3v) is 3.40. The molecule has 7 heteroatoms. The van der Waals surface area contributed by atoms with Gasteiger partial charge in [-0.25, -0.2) is 0 Å². The predicted molar refractivity (Wildman–Crippen MR) is 95.3 cm³/mol. The molecule has 0 aliphatic heterocycles. The molecule has 1 heterocycles. The summed E-state index contributed by atoms with van der Waals surface area (Å²) >= 11 is 0.